The summed E-state index contributed by atoms with van der Waals surface area (Å²) >= 11 is 0. The lowest BCUT2D eigenvalue weighted by Gasteiger charge is -2.28. The van der Waals surface area contributed by atoms with E-state index in [0.29, 0.717) is 30.6 Å². The van der Waals surface area contributed by atoms with Crippen LogP contribution in [0, 0.1) is 24.5 Å². The Labute approximate surface area is 172 Å². The topological polar surface area (TPSA) is 87.6 Å². The molecule has 0 unspecified atom stereocenters. The number of carbonyl (C=O) groups excluding carboxylic acids is 1. The Morgan fingerprint density at radius 3 is 2.83 bits per heavy atom. The number of aromatic nitrogens is 1. The van der Waals surface area contributed by atoms with Gasteiger partial charge < -0.3 is 19.6 Å². The number of ketones is 1. The summed E-state index contributed by atoms with van der Waals surface area (Å²) in [6.45, 7) is 2.67. The van der Waals surface area contributed by atoms with Crippen LogP contribution in [0.5, 0.6) is 5.75 Å². The normalized spacial score (nSPS) is 19.2. The van der Waals surface area contributed by atoms with Gasteiger partial charge in [0.1, 0.15) is 11.4 Å². The fourth-order valence-corrected chi connectivity index (χ4v) is 3.72. The lowest BCUT2D eigenvalue weighted by molar-refractivity contribution is 0.0419. The summed E-state index contributed by atoms with van der Waals surface area (Å²) < 4.78 is 45.1. The first kappa shape index (κ1) is 20.4. The van der Waals surface area contributed by atoms with Crippen LogP contribution in [-0.2, 0) is 11.2 Å². The van der Waals surface area contributed by atoms with Crippen molar-refractivity contribution in [3.63, 3.8) is 0 Å². The fourth-order valence-electron chi connectivity index (χ4n) is 3.72. The minimum absolute atomic E-state index is 0.0417. The lowest BCUT2D eigenvalue weighted by Crippen LogP contribution is -2.39. The zero-order valence-corrected chi connectivity index (χ0v) is 16.7. The highest BCUT2D eigenvalue weighted by Gasteiger charge is 2.27. The van der Waals surface area contributed by atoms with Crippen LogP contribution in [0.3, 0.4) is 0 Å². The summed E-state index contributed by atoms with van der Waals surface area (Å²) in [6.07, 6.45) is 2.93. The number of nitrogens with two attached hydrogens (primary N) is 1. The molecule has 1 aliphatic rings. The Morgan fingerprint density at radius 2 is 2.10 bits per heavy atom. The van der Waals surface area contributed by atoms with Gasteiger partial charge in [0.05, 0.1) is 19.9 Å². The van der Waals surface area contributed by atoms with E-state index in [2.05, 4.69) is 4.98 Å². The molecule has 0 amide bonds. The molecule has 2 N–H and O–H groups in total. The standard InChI is InChI=1S/C22H22F2N2O4/c1-11-5-16(28-2)21(24)19(20(11)23)22(27)17-8-12-6-14(26-9-18(12)30-17)7-13-10-29-4-3-15(13)25/h5-6,8-9,13,15H,3-4,7,10,25H2,1-2H3/t13-,15+/m1/s1. The molecule has 0 spiro atoms. The largest absolute Gasteiger partial charge is 0.494 e. The minimum Gasteiger partial charge on any atom is -0.494 e. The maximum atomic E-state index is 14.6. The van der Waals surface area contributed by atoms with Gasteiger partial charge in [0.15, 0.2) is 22.9 Å². The van der Waals surface area contributed by atoms with Crippen LogP contribution in [0.4, 0.5) is 8.78 Å². The molecule has 1 aliphatic heterocycles. The zero-order valence-electron chi connectivity index (χ0n) is 16.7. The molecule has 30 heavy (non-hydrogen) atoms. The Hall–Kier alpha value is -2.84. The van der Waals surface area contributed by atoms with Gasteiger partial charge in [-0.2, -0.15) is 0 Å². The summed E-state index contributed by atoms with van der Waals surface area (Å²) in [5.74, 6) is -3.12. The molecule has 0 aliphatic carbocycles. The molecular formula is C22H22F2N2O4. The number of halogens is 2. The van der Waals surface area contributed by atoms with E-state index >= 15 is 0 Å². The zero-order chi connectivity index (χ0) is 21.4. The minimum atomic E-state index is -1.06. The first-order chi connectivity index (χ1) is 14.4. The molecule has 1 fully saturated rings. The Balaban J connectivity index is 1.66. The third-order valence-corrected chi connectivity index (χ3v) is 5.48. The first-order valence-corrected chi connectivity index (χ1v) is 9.68. The van der Waals surface area contributed by atoms with Gasteiger partial charge in [-0.3, -0.25) is 9.78 Å². The van der Waals surface area contributed by atoms with E-state index in [-0.39, 0.29) is 29.0 Å². The Kier molecular flexibility index (Phi) is 5.53. The van der Waals surface area contributed by atoms with Crippen LogP contribution in [0.15, 0.2) is 28.8 Å². The number of benzene rings is 1. The van der Waals surface area contributed by atoms with E-state index in [0.717, 1.165) is 12.1 Å². The van der Waals surface area contributed by atoms with Crippen molar-refractivity contribution in [2.75, 3.05) is 20.3 Å². The van der Waals surface area contributed by atoms with Crippen molar-refractivity contribution in [2.24, 2.45) is 11.7 Å². The van der Waals surface area contributed by atoms with Crippen LogP contribution >= 0.6 is 0 Å². The Morgan fingerprint density at radius 1 is 1.30 bits per heavy atom. The van der Waals surface area contributed by atoms with Crippen LogP contribution in [0.1, 0.15) is 33.8 Å². The molecule has 6 nitrogen and oxygen atoms in total. The molecule has 1 saturated heterocycles. The maximum absolute atomic E-state index is 14.6. The van der Waals surface area contributed by atoms with Crippen LogP contribution in [0.2, 0.25) is 0 Å². The van der Waals surface area contributed by atoms with E-state index in [4.69, 9.17) is 19.6 Å². The van der Waals surface area contributed by atoms with Crippen molar-refractivity contribution in [2.45, 2.75) is 25.8 Å². The van der Waals surface area contributed by atoms with Crippen molar-refractivity contribution in [3.8, 4) is 5.75 Å². The van der Waals surface area contributed by atoms with E-state index in [1.165, 1.54) is 32.4 Å². The number of ether oxygens (including phenoxy) is 2. The summed E-state index contributed by atoms with van der Waals surface area (Å²) in [5, 5.41) is 0.620. The first-order valence-electron chi connectivity index (χ1n) is 9.68. The van der Waals surface area contributed by atoms with Crippen LogP contribution in [-0.4, -0.2) is 37.1 Å². The summed E-state index contributed by atoms with van der Waals surface area (Å²) in [6, 6.07) is 4.50. The number of aryl methyl sites for hydroxylation is 1. The van der Waals surface area contributed by atoms with Gasteiger partial charge in [-0.05, 0) is 43.5 Å². The molecule has 8 heteroatoms. The molecule has 0 radical (unpaired) electrons. The number of rotatable bonds is 5. The fraction of sp³-hybridized carbons (Fsp3) is 0.364. The van der Waals surface area contributed by atoms with Gasteiger partial charge in [-0.15, -0.1) is 0 Å². The number of methoxy groups -OCH3 is 1. The third-order valence-electron chi connectivity index (χ3n) is 5.48. The van der Waals surface area contributed by atoms with Gasteiger partial charge in [-0.1, -0.05) is 0 Å². The molecule has 0 saturated carbocycles. The molecule has 0 bridgehead atoms. The van der Waals surface area contributed by atoms with E-state index < -0.39 is 23.0 Å². The molecule has 158 valence electrons. The van der Waals surface area contributed by atoms with Gasteiger partial charge in [0, 0.05) is 29.6 Å². The second kappa shape index (κ2) is 8.12. The van der Waals surface area contributed by atoms with E-state index in [1.54, 1.807) is 6.07 Å². The number of furan rings is 1. The second-order valence-corrected chi connectivity index (χ2v) is 7.54. The lowest BCUT2D eigenvalue weighted by atomic mass is 9.92. The molecule has 2 atom stereocenters. The highest BCUT2D eigenvalue weighted by Crippen LogP contribution is 2.30. The van der Waals surface area contributed by atoms with Crippen LogP contribution in [0.25, 0.3) is 11.0 Å². The smallest absolute Gasteiger partial charge is 0.234 e. The Bertz CT molecular complexity index is 1110. The van der Waals surface area contributed by atoms with E-state index in [1.807, 2.05) is 0 Å². The van der Waals surface area contributed by atoms with E-state index in [9.17, 15) is 13.6 Å². The van der Waals surface area contributed by atoms with Crippen molar-refractivity contribution in [3.05, 3.63) is 58.6 Å². The number of hydrogen-bond acceptors (Lipinski definition) is 6. The van der Waals surface area contributed by atoms with Gasteiger partial charge in [0.25, 0.3) is 0 Å². The number of pyridine rings is 1. The quantitative estimate of drug-likeness (QED) is 0.640. The molecule has 2 aromatic heterocycles. The molecule has 4 rings (SSSR count). The van der Waals surface area contributed by atoms with Crippen molar-refractivity contribution in [1.29, 1.82) is 0 Å². The van der Waals surface area contributed by atoms with Gasteiger partial charge >= 0.3 is 0 Å². The summed E-state index contributed by atoms with van der Waals surface area (Å²) in [4.78, 5) is 17.2. The number of nitrogens with zero attached hydrogens (tertiary/aromatic N) is 1. The predicted octanol–water partition coefficient (Wildman–Crippen LogP) is 3.56. The molecule has 1 aromatic carbocycles. The van der Waals surface area contributed by atoms with Gasteiger partial charge in [0.2, 0.25) is 5.78 Å². The molecule has 3 aromatic rings. The van der Waals surface area contributed by atoms with Crippen molar-refractivity contribution < 1.29 is 27.5 Å². The highest BCUT2D eigenvalue weighted by molar-refractivity contribution is 6.09. The van der Waals surface area contributed by atoms with Crippen molar-refractivity contribution >= 4 is 16.8 Å². The van der Waals surface area contributed by atoms with Gasteiger partial charge in [-0.25, -0.2) is 8.78 Å². The monoisotopic (exact) mass is 416 g/mol. The highest BCUT2D eigenvalue weighted by atomic mass is 19.1. The SMILES string of the molecule is COc1cc(C)c(F)c(C(=O)c2cc3cc(C[C@@H]4COCC[C@@H]4N)ncc3o2)c1F. The maximum Gasteiger partial charge on any atom is 0.234 e. The predicted molar refractivity (Wildman–Crippen MR) is 106 cm³/mol. The van der Waals surface area contributed by atoms with Crippen molar-refractivity contribution in [1.82, 2.24) is 4.98 Å². The average molecular weight is 416 g/mol. The molecule has 3 heterocycles. The van der Waals surface area contributed by atoms with Crippen LogP contribution < -0.4 is 10.5 Å². The summed E-state index contributed by atoms with van der Waals surface area (Å²) in [7, 11) is 1.25. The third kappa shape index (κ3) is 3.68. The number of fused-ring (bicyclic) bond motifs is 1. The summed E-state index contributed by atoms with van der Waals surface area (Å²) in [5.41, 5.74) is 6.69. The molecular weight excluding hydrogens is 394 g/mol. The number of carbonyl (C=O) groups is 1. The number of hydrogen-bond donors (Lipinski definition) is 1. The average Bonchev–Trinajstić information content (AvgIpc) is 3.16. The second-order valence-electron chi connectivity index (χ2n) is 7.54.